The van der Waals surface area contributed by atoms with Gasteiger partial charge in [-0.05, 0) is 37.4 Å². The number of likely N-dealkylation sites (N-methyl/N-ethyl adjacent to an activating group) is 1. The summed E-state index contributed by atoms with van der Waals surface area (Å²) < 4.78 is 1.38. The van der Waals surface area contributed by atoms with E-state index in [1.165, 1.54) is 4.31 Å². The van der Waals surface area contributed by atoms with Crippen LogP contribution in [-0.4, -0.2) is 77.9 Å². The van der Waals surface area contributed by atoms with E-state index in [1.54, 1.807) is 7.05 Å². The van der Waals surface area contributed by atoms with E-state index in [0.717, 1.165) is 11.1 Å². The molecule has 0 saturated carbocycles. The number of aliphatic hydroxyl groups is 1. The predicted octanol–water partition coefficient (Wildman–Crippen LogP) is -2.08. The molecule has 0 aromatic heterocycles. The van der Waals surface area contributed by atoms with Crippen LogP contribution in [0, 0.1) is 0 Å². The maximum atomic E-state index is 12.8. The van der Waals surface area contributed by atoms with Crippen LogP contribution in [-0.2, 0) is 32.1 Å². The van der Waals surface area contributed by atoms with Crippen molar-refractivity contribution in [2.45, 2.75) is 56.8 Å². The Morgan fingerprint density at radius 3 is 2.14 bits per heavy atom. The highest BCUT2D eigenvalue weighted by molar-refractivity contribution is 7.77. The van der Waals surface area contributed by atoms with E-state index in [-0.39, 0.29) is 31.1 Å². The van der Waals surface area contributed by atoms with E-state index >= 15 is 0 Å². The van der Waals surface area contributed by atoms with E-state index in [2.05, 4.69) is 28.8 Å². The molecule has 1 aromatic carbocycles. The zero-order valence-electron chi connectivity index (χ0n) is 20.6. The standard InChI is InChI=1S/C23H39N7O5S/c1-30(36)19(21(26)33)8-9-20(32)27-10-2-3-11-28-23(35)18(29-22(34)17(25)14-31)12-15-4-6-16(13-24)7-5-15/h4-7,17-19,31,36H,2-3,8-14,24-25H2,1H3,(H2,26,33)(H,27,32)(H,28,35)(H,29,34). The number of carbonyl (C=O) groups is 4. The maximum absolute atomic E-state index is 12.8. The van der Waals surface area contributed by atoms with Crippen LogP contribution < -0.4 is 33.2 Å². The van der Waals surface area contributed by atoms with E-state index in [1.807, 2.05) is 24.3 Å². The van der Waals surface area contributed by atoms with Crippen molar-refractivity contribution in [3.8, 4) is 0 Å². The number of nitrogens with zero attached hydrogens (tertiary/aromatic N) is 1. The number of thiol groups is 1. The van der Waals surface area contributed by atoms with Gasteiger partial charge < -0.3 is 38.3 Å². The number of primary amides is 1. The van der Waals surface area contributed by atoms with Crippen LogP contribution in [0.15, 0.2) is 24.3 Å². The highest BCUT2D eigenvalue weighted by Gasteiger charge is 2.24. The molecule has 0 heterocycles. The maximum Gasteiger partial charge on any atom is 0.242 e. The molecule has 0 aliphatic carbocycles. The fourth-order valence-electron chi connectivity index (χ4n) is 3.30. The summed E-state index contributed by atoms with van der Waals surface area (Å²) in [5, 5.41) is 17.3. The first-order chi connectivity index (χ1) is 17.1. The fraction of sp³-hybridized carbons (Fsp3) is 0.565. The summed E-state index contributed by atoms with van der Waals surface area (Å²) in [6.45, 7) is 0.609. The monoisotopic (exact) mass is 525 g/mol. The second-order valence-electron chi connectivity index (χ2n) is 8.45. The number of unbranched alkanes of at least 4 members (excludes halogenated alkanes) is 1. The van der Waals surface area contributed by atoms with Gasteiger partial charge in [-0.25, -0.2) is 4.31 Å². The Morgan fingerprint density at radius 1 is 1.03 bits per heavy atom. The minimum atomic E-state index is -1.13. The highest BCUT2D eigenvalue weighted by atomic mass is 32.1. The van der Waals surface area contributed by atoms with E-state index in [4.69, 9.17) is 22.3 Å². The number of hydrogen-bond donors (Lipinski definition) is 8. The molecule has 0 aliphatic heterocycles. The van der Waals surface area contributed by atoms with Crippen molar-refractivity contribution in [2.24, 2.45) is 17.2 Å². The van der Waals surface area contributed by atoms with Gasteiger partial charge in [-0.15, -0.1) is 0 Å². The van der Waals surface area contributed by atoms with Crippen molar-refractivity contribution in [1.82, 2.24) is 20.3 Å². The molecule has 0 bridgehead atoms. The Labute approximate surface area is 217 Å². The molecule has 0 aliphatic rings. The van der Waals surface area contributed by atoms with Gasteiger partial charge in [0.1, 0.15) is 12.1 Å². The molecule has 3 unspecified atom stereocenters. The summed E-state index contributed by atoms with van der Waals surface area (Å²) in [6.07, 6.45) is 1.85. The average Bonchev–Trinajstić information content (AvgIpc) is 2.84. The number of nitrogens with two attached hydrogens (primary N) is 3. The van der Waals surface area contributed by atoms with Crippen molar-refractivity contribution in [2.75, 3.05) is 26.7 Å². The first-order valence-corrected chi connectivity index (χ1v) is 12.2. The molecule has 0 fully saturated rings. The number of nitrogens with one attached hydrogen (secondary N) is 3. The molecule has 3 atom stereocenters. The summed E-state index contributed by atoms with van der Waals surface area (Å²) in [6, 6.07) is 4.74. The fourth-order valence-corrected chi connectivity index (χ4v) is 3.53. The average molecular weight is 526 g/mol. The third kappa shape index (κ3) is 11.8. The van der Waals surface area contributed by atoms with Gasteiger partial charge in [-0.1, -0.05) is 37.1 Å². The molecule has 4 amide bonds. The zero-order valence-corrected chi connectivity index (χ0v) is 21.5. The Kier molecular flexibility index (Phi) is 14.7. The minimum Gasteiger partial charge on any atom is -0.394 e. The Hall–Kier alpha value is -2.71. The smallest absolute Gasteiger partial charge is 0.242 e. The van der Waals surface area contributed by atoms with E-state index < -0.39 is 36.5 Å². The van der Waals surface area contributed by atoms with Gasteiger partial charge in [0.05, 0.1) is 12.6 Å². The van der Waals surface area contributed by atoms with E-state index in [9.17, 15) is 19.2 Å². The molecule has 1 rings (SSSR count). The topological polar surface area (TPSA) is 206 Å². The summed E-state index contributed by atoms with van der Waals surface area (Å²) in [5.74, 6) is -1.75. The molecule has 36 heavy (non-hydrogen) atoms. The largest absolute Gasteiger partial charge is 0.394 e. The first kappa shape index (κ1) is 31.3. The van der Waals surface area contributed by atoms with Gasteiger partial charge in [0.25, 0.3) is 0 Å². The lowest BCUT2D eigenvalue weighted by molar-refractivity contribution is -0.130. The minimum absolute atomic E-state index is 0.138. The van der Waals surface area contributed by atoms with E-state index in [0.29, 0.717) is 32.5 Å². The van der Waals surface area contributed by atoms with Crippen LogP contribution in [0.2, 0.25) is 0 Å². The van der Waals surface area contributed by atoms with Crippen molar-refractivity contribution < 1.29 is 24.3 Å². The van der Waals surface area contributed by atoms with Crippen molar-refractivity contribution in [3.05, 3.63) is 35.4 Å². The molecule has 202 valence electrons. The Bertz CT molecular complexity index is 854. The molecule has 10 N–H and O–H groups in total. The van der Waals surface area contributed by atoms with Crippen LogP contribution in [0.5, 0.6) is 0 Å². The Balaban J connectivity index is 2.47. The second kappa shape index (κ2) is 16.9. The summed E-state index contributed by atoms with van der Waals surface area (Å²) >= 11 is 4.06. The lowest BCUT2D eigenvalue weighted by Gasteiger charge is -2.20. The molecule has 0 saturated heterocycles. The first-order valence-electron chi connectivity index (χ1n) is 11.8. The molecule has 12 nitrogen and oxygen atoms in total. The third-order valence-corrected chi connectivity index (χ3v) is 5.79. The van der Waals surface area contributed by atoms with Crippen LogP contribution in [0.25, 0.3) is 0 Å². The predicted molar refractivity (Wildman–Crippen MR) is 139 cm³/mol. The van der Waals surface area contributed by atoms with Crippen LogP contribution in [0.3, 0.4) is 0 Å². The van der Waals surface area contributed by atoms with Crippen LogP contribution in [0.4, 0.5) is 0 Å². The molecule has 0 spiro atoms. The highest BCUT2D eigenvalue weighted by Crippen LogP contribution is 2.08. The van der Waals surface area contributed by atoms with Crippen molar-refractivity contribution >= 4 is 36.4 Å². The number of aliphatic hydroxyl groups excluding tert-OH is 1. The lowest BCUT2D eigenvalue weighted by atomic mass is 10.0. The summed E-state index contributed by atoms with van der Waals surface area (Å²) in [7, 11) is 1.60. The second-order valence-corrected chi connectivity index (χ2v) is 9.08. The molecular weight excluding hydrogens is 486 g/mol. The van der Waals surface area contributed by atoms with Gasteiger partial charge in [-0.2, -0.15) is 0 Å². The normalized spacial score (nSPS) is 13.5. The number of amides is 4. The van der Waals surface area contributed by atoms with Gasteiger partial charge >= 0.3 is 0 Å². The zero-order chi connectivity index (χ0) is 27.1. The summed E-state index contributed by atoms with van der Waals surface area (Å²) in [4.78, 5) is 48.2. The van der Waals surface area contributed by atoms with Crippen molar-refractivity contribution in [1.29, 1.82) is 0 Å². The SMILES string of the molecule is CN(S)C(CCC(=O)NCCCCNC(=O)C(Cc1ccc(CN)cc1)NC(=O)C(N)CO)C(N)=O. The van der Waals surface area contributed by atoms with Gasteiger partial charge in [0, 0.05) is 32.5 Å². The number of carbonyl (C=O) groups excluding carboxylic acids is 4. The third-order valence-electron chi connectivity index (χ3n) is 5.51. The van der Waals surface area contributed by atoms with Crippen molar-refractivity contribution in [3.63, 3.8) is 0 Å². The summed E-state index contributed by atoms with van der Waals surface area (Å²) in [5.41, 5.74) is 18.2. The number of benzene rings is 1. The molecular formula is C23H39N7O5S. The van der Waals surface area contributed by atoms with Gasteiger partial charge in [0.2, 0.25) is 23.6 Å². The molecule has 13 heteroatoms. The quantitative estimate of drug-likeness (QED) is 0.0834. The number of rotatable bonds is 17. The van der Waals surface area contributed by atoms with Gasteiger partial charge in [-0.3, -0.25) is 19.2 Å². The molecule has 1 aromatic rings. The Morgan fingerprint density at radius 2 is 1.61 bits per heavy atom. The van der Waals surface area contributed by atoms with Crippen LogP contribution >= 0.6 is 12.8 Å². The van der Waals surface area contributed by atoms with Gasteiger partial charge in [0.15, 0.2) is 0 Å². The van der Waals surface area contributed by atoms with Crippen LogP contribution in [0.1, 0.15) is 36.8 Å². The number of hydrogen-bond acceptors (Lipinski definition) is 9. The molecule has 0 radical (unpaired) electrons. The lowest BCUT2D eigenvalue weighted by Crippen LogP contribution is -2.53.